The Hall–Kier alpha value is -0.750. The van der Waals surface area contributed by atoms with Crippen molar-refractivity contribution in [2.45, 2.75) is 30.2 Å². The van der Waals surface area contributed by atoms with Crippen LogP contribution in [-0.4, -0.2) is 62.3 Å². The molecule has 0 spiro atoms. The first-order valence-corrected chi connectivity index (χ1v) is 3.92. The molecule has 0 amide bonds. The summed E-state index contributed by atoms with van der Waals surface area (Å²) in [6.07, 6.45) is -6.54. The summed E-state index contributed by atoms with van der Waals surface area (Å²) in [4.78, 5) is 0. The lowest BCUT2D eigenvalue weighted by Gasteiger charge is -2.41. The highest BCUT2D eigenvalue weighted by atomic mass is 16.7. The minimum atomic E-state index is -2.61. The fourth-order valence-electron chi connectivity index (χ4n) is 1.25. The van der Waals surface area contributed by atoms with Gasteiger partial charge in [-0.15, -0.1) is 0 Å². The molecule has 0 aromatic carbocycles. The average molecular weight is 205 g/mol. The van der Waals surface area contributed by atoms with Crippen molar-refractivity contribution in [1.29, 1.82) is 5.26 Å². The normalized spacial score (nSPS) is 48.6. The molecule has 0 radical (unpaired) electrons. The van der Waals surface area contributed by atoms with Crippen LogP contribution in [0, 0.1) is 11.3 Å². The molecule has 1 heterocycles. The van der Waals surface area contributed by atoms with Crippen LogP contribution in [0.15, 0.2) is 0 Å². The first-order valence-electron chi connectivity index (χ1n) is 3.92. The molecule has 0 aliphatic carbocycles. The molecule has 7 heteroatoms. The standard InChI is InChI=1S/C7H11NO6/c8-2-7(13)6(12)5(11)4(10)3(1-9)14-7/h3-6,9-13H,1H2/t3-,4-,5+,6-,7?/m1/s1. The third kappa shape index (κ3) is 1.59. The van der Waals surface area contributed by atoms with Crippen molar-refractivity contribution >= 4 is 0 Å². The van der Waals surface area contributed by atoms with E-state index < -0.39 is 36.8 Å². The summed E-state index contributed by atoms with van der Waals surface area (Å²) in [6.45, 7) is -0.686. The van der Waals surface area contributed by atoms with Crippen molar-refractivity contribution in [3.8, 4) is 6.07 Å². The van der Waals surface area contributed by atoms with Gasteiger partial charge in [0.15, 0.2) is 6.10 Å². The van der Waals surface area contributed by atoms with E-state index >= 15 is 0 Å². The Bertz CT molecular complexity index is 251. The van der Waals surface area contributed by atoms with E-state index in [1.165, 1.54) is 6.07 Å². The smallest absolute Gasteiger partial charge is 0.286 e. The van der Waals surface area contributed by atoms with E-state index in [1.807, 2.05) is 0 Å². The van der Waals surface area contributed by atoms with Gasteiger partial charge in [0.1, 0.15) is 24.4 Å². The van der Waals surface area contributed by atoms with Gasteiger partial charge in [-0.2, -0.15) is 5.26 Å². The molecule has 1 fully saturated rings. The monoisotopic (exact) mass is 205 g/mol. The third-order valence-electron chi connectivity index (χ3n) is 2.13. The summed E-state index contributed by atoms with van der Waals surface area (Å²) < 4.78 is 4.55. The second-order valence-corrected chi connectivity index (χ2v) is 3.07. The Labute approximate surface area is 79.4 Å². The van der Waals surface area contributed by atoms with Crippen LogP contribution in [0.1, 0.15) is 0 Å². The third-order valence-corrected chi connectivity index (χ3v) is 2.13. The molecular formula is C7H11NO6. The summed E-state index contributed by atoms with van der Waals surface area (Å²) in [5.41, 5.74) is 0. The number of aliphatic hydroxyl groups excluding tert-OH is 4. The molecule has 1 aliphatic rings. The van der Waals surface area contributed by atoms with Crippen molar-refractivity contribution in [1.82, 2.24) is 0 Å². The van der Waals surface area contributed by atoms with E-state index in [0.717, 1.165) is 0 Å². The van der Waals surface area contributed by atoms with Crippen molar-refractivity contribution in [2.24, 2.45) is 0 Å². The van der Waals surface area contributed by atoms with Gasteiger partial charge < -0.3 is 30.3 Å². The highest BCUT2D eigenvalue weighted by Gasteiger charge is 2.53. The molecule has 0 aromatic rings. The number of hydrogen-bond donors (Lipinski definition) is 5. The second kappa shape index (κ2) is 3.78. The molecule has 1 saturated heterocycles. The Morgan fingerprint density at radius 3 is 2.29 bits per heavy atom. The minimum Gasteiger partial charge on any atom is -0.394 e. The minimum absolute atomic E-state index is 0.686. The van der Waals surface area contributed by atoms with E-state index in [-0.39, 0.29) is 0 Å². The molecular weight excluding hydrogens is 194 g/mol. The van der Waals surface area contributed by atoms with Crippen LogP contribution in [0.2, 0.25) is 0 Å². The Kier molecular flexibility index (Phi) is 3.06. The summed E-state index contributed by atoms with van der Waals surface area (Å²) in [5, 5.41) is 54.1. The van der Waals surface area contributed by atoms with Crippen LogP contribution < -0.4 is 0 Å². The van der Waals surface area contributed by atoms with Gasteiger partial charge >= 0.3 is 0 Å². The van der Waals surface area contributed by atoms with E-state index in [0.29, 0.717) is 0 Å². The number of hydrogen-bond acceptors (Lipinski definition) is 7. The number of ether oxygens (including phenoxy) is 1. The van der Waals surface area contributed by atoms with Crippen LogP contribution >= 0.6 is 0 Å². The molecule has 1 unspecified atom stereocenters. The zero-order valence-corrected chi connectivity index (χ0v) is 7.11. The van der Waals surface area contributed by atoms with Gasteiger partial charge in [0.25, 0.3) is 5.79 Å². The van der Waals surface area contributed by atoms with E-state index in [4.69, 9.17) is 10.4 Å². The molecule has 0 saturated carbocycles. The first kappa shape index (κ1) is 11.3. The predicted octanol–water partition coefficient (Wildman–Crippen LogP) is -3.33. The van der Waals surface area contributed by atoms with Crippen LogP contribution in [0.3, 0.4) is 0 Å². The fourth-order valence-corrected chi connectivity index (χ4v) is 1.25. The maximum atomic E-state index is 9.32. The summed E-state index contributed by atoms with van der Waals surface area (Å²) in [5.74, 6) is -2.61. The Morgan fingerprint density at radius 1 is 1.29 bits per heavy atom. The molecule has 80 valence electrons. The highest BCUT2D eigenvalue weighted by Crippen LogP contribution is 2.27. The largest absolute Gasteiger partial charge is 0.394 e. The lowest BCUT2D eigenvalue weighted by molar-refractivity contribution is -0.323. The summed E-state index contributed by atoms with van der Waals surface area (Å²) >= 11 is 0. The Balaban J connectivity index is 2.91. The van der Waals surface area contributed by atoms with Crippen LogP contribution in [0.5, 0.6) is 0 Å². The number of rotatable bonds is 1. The zero-order chi connectivity index (χ0) is 10.9. The maximum Gasteiger partial charge on any atom is 0.286 e. The van der Waals surface area contributed by atoms with Gasteiger partial charge in [-0.1, -0.05) is 0 Å². The topological polar surface area (TPSA) is 134 Å². The van der Waals surface area contributed by atoms with Crippen molar-refractivity contribution in [3.63, 3.8) is 0 Å². The van der Waals surface area contributed by atoms with E-state index in [9.17, 15) is 20.4 Å². The van der Waals surface area contributed by atoms with Gasteiger partial charge in [-0.3, -0.25) is 0 Å². The molecule has 5 N–H and O–H groups in total. The quantitative estimate of drug-likeness (QED) is 0.283. The van der Waals surface area contributed by atoms with Crippen LogP contribution in [0.25, 0.3) is 0 Å². The van der Waals surface area contributed by atoms with Gasteiger partial charge in [0, 0.05) is 0 Å². The van der Waals surface area contributed by atoms with Crippen molar-refractivity contribution in [2.75, 3.05) is 6.61 Å². The lowest BCUT2D eigenvalue weighted by atomic mass is 9.93. The van der Waals surface area contributed by atoms with Crippen molar-refractivity contribution < 1.29 is 30.3 Å². The zero-order valence-electron chi connectivity index (χ0n) is 7.11. The average Bonchev–Trinajstić information content (AvgIpc) is 2.20. The van der Waals surface area contributed by atoms with Gasteiger partial charge in [-0.05, 0) is 0 Å². The molecule has 14 heavy (non-hydrogen) atoms. The summed E-state index contributed by atoms with van der Waals surface area (Å²) in [6, 6.07) is 1.25. The highest BCUT2D eigenvalue weighted by molar-refractivity contribution is 5.06. The maximum absolute atomic E-state index is 9.32. The molecule has 0 bridgehead atoms. The predicted molar refractivity (Wildman–Crippen MR) is 40.5 cm³/mol. The molecule has 0 aromatic heterocycles. The van der Waals surface area contributed by atoms with E-state index in [1.54, 1.807) is 0 Å². The van der Waals surface area contributed by atoms with Gasteiger partial charge in [-0.25, -0.2) is 0 Å². The molecule has 7 nitrogen and oxygen atoms in total. The molecule has 5 atom stereocenters. The fraction of sp³-hybridized carbons (Fsp3) is 0.857. The first-order chi connectivity index (χ1) is 6.46. The second-order valence-electron chi connectivity index (χ2n) is 3.07. The van der Waals surface area contributed by atoms with Crippen LogP contribution in [0.4, 0.5) is 0 Å². The molecule has 1 aliphatic heterocycles. The van der Waals surface area contributed by atoms with Gasteiger partial charge in [0.05, 0.1) is 6.61 Å². The summed E-state index contributed by atoms with van der Waals surface area (Å²) in [7, 11) is 0. The molecule has 1 rings (SSSR count). The van der Waals surface area contributed by atoms with Crippen LogP contribution in [-0.2, 0) is 4.74 Å². The van der Waals surface area contributed by atoms with Gasteiger partial charge in [0.2, 0.25) is 0 Å². The number of nitriles is 1. The number of aliphatic hydroxyl groups is 5. The number of nitrogens with zero attached hydrogens (tertiary/aromatic N) is 1. The van der Waals surface area contributed by atoms with Crippen molar-refractivity contribution in [3.05, 3.63) is 0 Å². The SMILES string of the molecule is N#CC1(O)O[C@H](CO)[C@@H](O)[C@H](O)[C@H]1O. The Morgan fingerprint density at radius 2 is 1.86 bits per heavy atom. The van der Waals surface area contributed by atoms with E-state index in [2.05, 4.69) is 4.74 Å². The lowest BCUT2D eigenvalue weighted by Crippen LogP contribution is -2.64.